The highest BCUT2D eigenvalue weighted by atomic mass is 16.2. The Labute approximate surface area is 162 Å². The topological polar surface area (TPSA) is 85.0 Å². The third-order valence-corrected chi connectivity index (χ3v) is 5.02. The van der Waals surface area contributed by atoms with Crippen LogP contribution in [-0.4, -0.2) is 43.6 Å². The molecule has 0 saturated carbocycles. The van der Waals surface area contributed by atoms with Gasteiger partial charge in [0.1, 0.15) is 5.69 Å². The summed E-state index contributed by atoms with van der Waals surface area (Å²) in [6, 6.07) is 13.2. The molecule has 0 bridgehead atoms. The molecule has 1 aliphatic rings. The number of piperidine rings is 1. The van der Waals surface area contributed by atoms with E-state index in [0.717, 1.165) is 18.4 Å². The van der Waals surface area contributed by atoms with Gasteiger partial charge >= 0.3 is 6.03 Å². The zero-order valence-corrected chi connectivity index (χ0v) is 15.4. The molecule has 4 rings (SSSR count). The summed E-state index contributed by atoms with van der Waals surface area (Å²) in [5, 5.41) is 10.6. The number of benzene rings is 1. The molecule has 8 nitrogen and oxygen atoms in total. The van der Waals surface area contributed by atoms with E-state index >= 15 is 0 Å². The number of pyridine rings is 1. The SMILES string of the molecule is O=C(Nc1cccn(Cc2ccccc2)c1=O)N1CCC(n2ccnn2)CC1. The normalized spacial score (nSPS) is 14.8. The first-order chi connectivity index (χ1) is 13.7. The second kappa shape index (κ2) is 8.08. The zero-order chi connectivity index (χ0) is 19.3. The summed E-state index contributed by atoms with van der Waals surface area (Å²) in [5.41, 5.74) is 1.11. The maximum atomic E-state index is 12.7. The van der Waals surface area contributed by atoms with Gasteiger partial charge in [-0.3, -0.25) is 4.79 Å². The number of carbonyl (C=O) groups is 1. The van der Waals surface area contributed by atoms with E-state index < -0.39 is 0 Å². The quantitative estimate of drug-likeness (QED) is 0.755. The number of anilines is 1. The standard InChI is InChI=1S/C20H22N6O2/c27-19-18(7-4-11-25(19)15-16-5-2-1-3-6-16)22-20(28)24-12-8-17(9-13-24)26-14-10-21-23-26/h1-7,10-11,14,17H,8-9,12-13,15H2,(H,22,28). The average molecular weight is 378 g/mol. The van der Waals surface area contributed by atoms with Crippen molar-refractivity contribution in [1.29, 1.82) is 0 Å². The Bertz CT molecular complexity index is 975. The summed E-state index contributed by atoms with van der Waals surface area (Å²) in [5.74, 6) is 0. The number of urea groups is 1. The van der Waals surface area contributed by atoms with E-state index in [2.05, 4.69) is 15.6 Å². The Morgan fingerprint density at radius 3 is 2.57 bits per heavy atom. The summed E-state index contributed by atoms with van der Waals surface area (Å²) in [4.78, 5) is 27.1. The summed E-state index contributed by atoms with van der Waals surface area (Å²) in [6.45, 7) is 1.69. The third kappa shape index (κ3) is 3.95. The fraction of sp³-hybridized carbons (Fsp3) is 0.300. The Kier molecular flexibility index (Phi) is 5.18. The Morgan fingerprint density at radius 2 is 1.86 bits per heavy atom. The van der Waals surface area contributed by atoms with Crippen molar-refractivity contribution in [3.05, 3.63) is 77.0 Å². The maximum absolute atomic E-state index is 12.7. The number of nitrogens with one attached hydrogen (secondary N) is 1. The van der Waals surface area contributed by atoms with E-state index in [1.54, 1.807) is 34.0 Å². The molecule has 28 heavy (non-hydrogen) atoms. The van der Waals surface area contributed by atoms with E-state index in [1.165, 1.54) is 0 Å². The maximum Gasteiger partial charge on any atom is 0.321 e. The Hall–Kier alpha value is -3.42. The van der Waals surface area contributed by atoms with Crippen molar-refractivity contribution in [2.75, 3.05) is 18.4 Å². The van der Waals surface area contributed by atoms with E-state index in [9.17, 15) is 9.59 Å². The molecule has 0 spiro atoms. The molecular formula is C20H22N6O2. The van der Waals surface area contributed by atoms with Crippen molar-refractivity contribution in [1.82, 2.24) is 24.5 Å². The van der Waals surface area contributed by atoms with E-state index in [-0.39, 0.29) is 17.6 Å². The highest BCUT2D eigenvalue weighted by molar-refractivity contribution is 5.89. The largest absolute Gasteiger partial charge is 0.324 e. The lowest BCUT2D eigenvalue weighted by Crippen LogP contribution is -2.42. The van der Waals surface area contributed by atoms with Gasteiger partial charge in [0, 0.05) is 25.5 Å². The van der Waals surface area contributed by atoms with Gasteiger partial charge in [0.15, 0.2) is 0 Å². The van der Waals surface area contributed by atoms with Crippen LogP contribution in [0.4, 0.5) is 10.5 Å². The van der Waals surface area contributed by atoms with E-state index in [1.807, 2.05) is 41.2 Å². The molecule has 0 radical (unpaired) electrons. The number of amides is 2. The van der Waals surface area contributed by atoms with Crippen molar-refractivity contribution >= 4 is 11.7 Å². The fourth-order valence-electron chi connectivity index (χ4n) is 3.48. The number of hydrogen-bond acceptors (Lipinski definition) is 4. The average Bonchev–Trinajstić information content (AvgIpc) is 3.27. The van der Waals surface area contributed by atoms with Crippen LogP contribution in [0.15, 0.2) is 65.8 Å². The van der Waals surface area contributed by atoms with Crippen molar-refractivity contribution in [2.45, 2.75) is 25.4 Å². The minimum absolute atomic E-state index is 0.211. The molecule has 8 heteroatoms. The van der Waals surface area contributed by atoms with Crippen LogP contribution < -0.4 is 10.9 Å². The van der Waals surface area contributed by atoms with Gasteiger partial charge in [0.2, 0.25) is 0 Å². The first-order valence-corrected chi connectivity index (χ1v) is 9.36. The van der Waals surface area contributed by atoms with Crippen molar-refractivity contribution in [2.24, 2.45) is 0 Å². The van der Waals surface area contributed by atoms with Gasteiger partial charge in [-0.05, 0) is 30.5 Å². The summed E-state index contributed by atoms with van der Waals surface area (Å²) in [7, 11) is 0. The second-order valence-corrected chi connectivity index (χ2v) is 6.87. The van der Waals surface area contributed by atoms with Gasteiger partial charge in [-0.2, -0.15) is 0 Å². The van der Waals surface area contributed by atoms with Crippen LogP contribution in [0.5, 0.6) is 0 Å². The highest BCUT2D eigenvalue weighted by Crippen LogP contribution is 2.21. The molecule has 3 aromatic rings. The lowest BCUT2D eigenvalue weighted by atomic mass is 10.1. The highest BCUT2D eigenvalue weighted by Gasteiger charge is 2.24. The molecule has 0 atom stereocenters. The first-order valence-electron chi connectivity index (χ1n) is 9.36. The van der Waals surface area contributed by atoms with Gasteiger partial charge in [-0.1, -0.05) is 35.5 Å². The molecule has 1 fully saturated rings. The number of nitrogens with zero attached hydrogens (tertiary/aromatic N) is 5. The molecule has 2 aromatic heterocycles. The Morgan fingerprint density at radius 1 is 1.07 bits per heavy atom. The molecule has 2 amide bonds. The van der Waals surface area contributed by atoms with Gasteiger partial charge in [0.05, 0.1) is 18.8 Å². The Balaban J connectivity index is 1.40. The molecule has 144 valence electrons. The van der Waals surface area contributed by atoms with Crippen LogP contribution in [0.3, 0.4) is 0 Å². The van der Waals surface area contributed by atoms with Gasteiger partial charge in [0.25, 0.3) is 5.56 Å². The lowest BCUT2D eigenvalue weighted by molar-refractivity contribution is 0.179. The number of likely N-dealkylation sites (tertiary alicyclic amines) is 1. The minimum Gasteiger partial charge on any atom is -0.324 e. The molecule has 0 unspecified atom stereocenters. The monoisotopic (exact) mass is 378 g/mol. The van der Waals surface area contributed by atoms with Crippen molar-refractivity contribution < 1.29 is 4.79 Å². The molecule has 1 N–H and O–H groups in total. The molecule has 1 aliphatic heterocycles. The number of carbonyl (C=O) groups excluding carboxylic acids is 1. The first kappa shape index (κ1) is 18.0. The van der Waals surface area contributed by atoms with Crippen molar-refractivity contribution in [3.8, 4) is 0 Å². The summed E-state index contributed by atoms with van der Waals surface area (Å²) < 4.78 is 3.44. The molecule has 3 heterocycles. The summed E-state index contributed by atoms with van der Waals surface area (Å²) in [6.07, 6.45) is 6.86. The number of aromatic nitrogens is 4. The third-order valence-electron chi connectivity index (χ3n) is 5.02. The van der Waals surface area contributed by atoms with Crippen LogP contribution in [0.1, 0.15) is 24.4 Å². The molecule has 1 saturated heterocycles. The zero-order valence-electron chi connectivity index (χ0n) is 15.4. The second-order valence-electron chi connectivity index (χ2n) is 6.87. The van der Waals surface area contributed by atoms with Crippen LogP contribution in [0.25, 0.3) is 0 Å². The van der Waals surface area contributed by atoms with Gasteiger partial charge in [-0.15, -0.1) is 5.10 Å². The van der Waals surface area contributed by atoms with Crippen LogP contribution in [0.2, 0.25) is 0 Å². The van der Waals surface area contributed by atoms with Gasteiger partial charge in [-0.25, -0.2) is 9.48 Å². The fourth-order valence-corrected chi connectivity index (χ4v) is 3.48. The molecule has 1 aromatic carbocycles. The van der Waals surface area contributed by atoms with E-state index in [4.69, 9.17) is 0 Å². The molecular weight excluding hydrogens is 356 g/mol. The minimum atomic E-state index is -0.244. The van der Waals surface area contributed by atoms with Crippen molar-refractivity contribution in [3.63, 3.8) is 0 Å². The number of hydrogen-bond donors (Lipinski definition) is 1. The van der Waals surface area contributed by atoms with Gasteiger partial charge < -0.3 is 14.8 Å². The van der Waals surface area contributed by atoms with E-state index in [0.29, 0.717) is 25.3 Å². The molecule has 0 aliphatic carbocycles. The van der Waals surface area contributed by atoms with Crippen LogP contribution >= 0.6 is 0 Å². The lowest BCUT2D eigenvalue weighted by Gasteiger charge is -2.31. The van der Waals surface area contributed by atoms with Crippen LogP contribution in [-0.2, 0) is 6.54 Å². The smallest absolute Gasteiger partial charge is 0.321 e. The predicted molar refractivity (Wildman–Crippen MR) is 105 cm³/mol. The number of rotatable bonds is 4. The summed E-state index contributed by atoms with van der Waals surface area (Å²) >= 11 is 0. The predicted octanol–water partition coefficient (Wildman–Crippen LogP) is 2.36. The van der Waals surface area contributed by atoms with Crippen LogP contribution in [0, 0.1) is 0 Å².